The Morgan fingerprint density at radius 1 is 1.14 bits per heavy atom. The molecule has 0 atom stereocenters. The van der Waals surface area contributed by atoms with Gasteiger partial charge in [0, 0.05) is 18.5 Å². The molecule has 0 N–H and O–H groups in total. The molecule has 0 unspecified atom stereocenters. The Bertz CT molecular complexity index is 121. The van der Waals surface area contributed by atoms with Crippen molar-refractivity contribution in [3.63, 3.8) is 0 Å². The summed E-state index contributed by atoms with van der Waals surface area (Å²) in [6.07, 6.45) is 3.70. The first-order valence-electron chi connectivity index (χ1n) is 5.95. The van der Waals surface area contributed by atoms with Crippen molar-refractivity contribution in [1.82, 2.24) is 4.90 Å². The lowest BCUT2D eigenvalue weighted by molar-refractivity contribution is 0.183. The van der Waals surface area contributed by atoms with Gasteiger partial charge in [-0.05, 0) is 32.7 Å². The van der Waals surface area contributed by atoms with Crippen LogP contribution in [0.2, 0.25) is 0 Å². The first-order chi connectivity index (χ1) is 6.65. The van der Waals surface area contributed by atoms with Crippen molar-refractivity contribution in [3.05, 3.63) is 0 Å². The molecule has 0 heterocycles. The van der Waals surface area contributed by atoms with E-state index < -0.39 is 0 Å². The highest BCUT2D eigenvalue weighted by Gasteiger charge is 2.13. The summed E-state index contributed by atoms with van der Waals surface area (Å²) in [6, 6.07) is 0.652. The van der Waals surface area contributed by atoms with Crippen LogP contribution in [0, 0.1) is 5.92 Å². The van der Waals surface area contributed by atoms with E-state index in [1.54, 1.807) is 0 Å². The van der Waals surface area contributed by atoms with Gasteiger partial charge >= 0.3 is 0 Å². The maximum Gasteiger partial charge on any atom is 0.0235 e. The summed E-state index contributed by atoms with van der Waals surface area (Å²) in [7, 11) is 0. The quantitative estimate of drug-likeness (QED) is 0.562. The summed E-state index contributed by atoms with van der Waals surface area (Å²) in [4.78, 5) is 2.56. The topological polar surface area (TPSA) is 3.24 Å². The third kappa shape index (κ3) is 5.87. The Kier molecular flexibility index (Phi) is 8.70. The lowest BCUT2D eigenvalue weighted by Crippen LogP contribution is -2.36. The molecule has 86 valence electrons. The molecule has 0 amide bonds. The van der Waals surface area contributed by atoms with Crippen LogP contribution >= 0.6 is 11.6 Å². The third-order valence-corrected chi connectivity index (χ3v) is 3.22. The zero-order valence-electron chi connectivity index (χ0n) is 10.2. The van der Waals surface area contributed by atoms with Gasteiger partial charge in [0.25, 0.3) is 0 Å². The molecule has 0 saturated carbocycles. The van der Waals surface area contributed by atoms with Crippen LogP contribution in [-0.4, -0.2) is 29.9 Å². The van der Waals surface area contributed by atoms with Crippen LogP contribution in [0.15, 0.2) is 0 Å². The van der Waals surface area contributed by atoms with E-state index in [0.29, 0.717) is 6.04 Å². The fourth-order valence-electron chi connectivity index (χ4n) is 1.70. The Hall–Kier alpha value is 0.250. The minimum atomic E-state index is 0.652. The average molecular weight is 220 g/mol. The first-order valence-corrected chi connectivity index (χ1v) is 6.49. The molecule has 0 spiro atoms. The maximum absolute atomic E-state index is 5.73. The summed E-state index contributed by atoms with van der Waals surface area (Å²) >= 11 is 5.73. The number of nitrogens with zero attached hydrogens (tertiary/aromatic N) is 1. The van der Waals surface area contributed by atoms with Crippen molar-refractivity contribution in [3.8, 4) is 0 Å². The maximum atomic E-state index is 5.73. The number of hydrogen-bond donors (Lipinski definition) is 0. The highest BCUT2D eigenvalue weighted by atomic mass is 35.5. The van der Waals surface area contributed by atoms with Crippen molar-refractivity contribution in [2.24, 2.45) is 5.92 Å². The summed E-state index contributed by atoms with van der Waals surface area (Å²) < 4.78 is 0. The third-order valence-electron chi connectivity index (χ3n) is 2.96. The van der Waals surface area contributed by atoms with Crippen LogP contribution < -0.4 is 0 Å². The minimum absolute atomic E-state index is 0.652. The van der Waals surface area contributed by atoms with Gasteiger partial charge in [0.1, 0.15) is 0 Å². The molecule has 0 saturated heterocycles. The molecule has 0 aliphatic heterocycles. The molecule has 2 heteroatoms. The largest absolute Gasteiger partial charge is 0.301 e. The normalized spacial score (nSPS) is 12.0. The van der Waals surface area contributed by atoms with Gasteiger partial charge in [-0.15, -0.1) is 11.6 Å². The molecule has 0 radical (unpaired) electrons. The number of rotatable bonds is 8. The van der Waals surface area contributed by atoms with E-state index in [1.165, 1.54) is 19.4 Å². The Labute approximate surface area is 94.8 Å². The van der Waals surface area contributed by atoms with Gasteiger partial charge in [-0.3, -0.25) is 0 Å². The van der Waals surface area contributed by atoms with Gasteiger partial charge in [-0.2, -0.15) is 0 Å². The lowest BCUT2D eigenvalue weighted by atomic mass is 10.0. The van der Waals surface area contributed by atoms with E-state index >= 15 is 0 Å². The van der Waals surface area contributed by atoms with Crippen LogP contribution in [-0.2, 0) is 0 Å². The Morgan fingerprint density at radius 2 is 1.71 bits per heavy atom. The second-order valence-corrected chi connectivity index (χ2v) is 4.69. The second kappa shape index (κ2) is 8.55. The molecule has 0 aliphatic carbocycles. The molecule has 0 aliphatic rings. The molecular formula is C12H26ClN. The summed E-state index contributed by atoms with van der Waals surface area (Å²) in [5.41, 5.74) is 0. The predicted octanol–water partition coefficient (Wildman–Crippen LogP) is 3.76. The lowest BCUT2D eigenvalue weighted by Gasteiger charge is -2.29. The zero-order chi connectivity index (χ0) is 11.0. The fraction of sp³-hybridized carbons (Fsp3) is 1.00. The van der Waals surface area contributed by atoms with Crippen molar-refractivity contribution in [1.29, 1.82) is 0 Å². The van der Waals surface area contributed by atoms with Crippen molar-refractivity contribution in [2.45, 2.75) is 53.0 Å². The molecule has 0 aromatic rings. The molecule has 0 aromatic heterocycles. The van der Waals surface area contributed by atoms with Gasteiger partial charge in [0.15, 0.2) is 0 Å². The number of halogens is 1. The van der Waals surface area contributed by atoms with Gasteiger partial charge in [0.2, 0.25) is 0 Å². The minimum Gasteiger partial charge on any atom is -0.301 e. The highest BCUT2D eigenvalue weighted by Crippen LogP contribution is 2.12. The van der Waals surface area contributed by atoms with E-state index in [2.05, 4.69) is 32.6 Å². The monoisotopic (exact) mass is 219 g/mol. The van der Waals surface area contributed by atoms with Crippen LogP contribution in [0.3, 0.4) is 0 Å². The predicted molar refractivity (Wildman–Crippen MR) is 66.1 cm³/mol. The number of hydrogen-bond acceptors (Lipinski definition) is 1. The fourth-order valence-corrected chi connectivity index (χ4v) is 1.82. The first kappa shape index (κ1) is 14.2. The van der Waals surface area contributed by atoms with Crippen LogP contribution in [0.1, 0.15) is 47.0 Å². The van der Waals surface area contributed by atoms with Crippen molar-refractivity contribution >= 4 is 11.6 Å². The van der Waals surface area contributed by atoms with Gasteiger partial charge in [-0.25, -0.2) is 0 Å². The van der Waals surface area contributed by atoms with E-state index in [0.717, 1.165) is 24.8 Å². The van der Waals surface area contributed by atoms with Crippen molar-refractivity contribution < 1.29 is 0 Å². The SMILES string of the molecule is CCC(CC)CN(CCCCl)C(C)C. The molecule has 0 rings (SSSR count). The molecule has 0 fully saturated rings. The Morgan fingerprint density at radius 3 is 2.07 bits per heavy atom. The molecule has 14 heavy (non-hydrogen) atoms. The number of alkyl halides is 1. The molecule has 1 nitrogen and oxygen atoms in total. The zero-order valence-corrected chi connectivity index (χ0v) is 11.0. The van der Waals surface area contributed by atoms with Crippen molar-refractivity contribution in [2.75, 3.05) is 19.0 Å². The van der Waals surface area contributed by atoms with E-state index in [-0.39, 0.29) is 0 Å². The van der Waals surface area contributed by atoms with Gasteiger partial charge < -0.3 is 4.90 Å². The summed E-state index contributed by atoms with van der Waals surface area (Å²) in [6.45, 7) is 11.5. The summed E-state index contributed by atoms with van der Waals surface area (Å²) in [5, 5.41) is 0. The molecular weight excluding hydrogens is 194 g/mol. The Balaban J connectivity index is 3.93. The molecule has 0 bridgehead atoms. The van der Waals surface area contributed by atoms with Crippen LogP contribution in [0.4, 0.5) is 0 Å². The van der Waals surface area contributed by atoms with E-state index in [4.69, 9.17) is 11.6 Å². The smallest absolute Gasteiger partial charge is 0.0235 e. The standard InChI is InChI=1S/C12H26ClN/c1-5-12(6-2)10-14(11(3)4)9-7-8-13/h11-12H,5-10H2,1-4H3. The summed E-state index contributed by atoms with van der Waals surface area (Å²) in [5.74, 6) is 1.64. The van der Waals surface area contributed by atoms with Crippen LogP contribution in [0.25, 0.3) is 0 Å². The molecule has 0 aromatic carbocycles. The highest BCUT2D eigenvalue weighted by molar-refractivity contribution is 6.17. The second-order valence-electron chi connectivity index (χ2n) is 4.31. The van der Waals surface area contributed by atoms with Crippen LogP contribution in [0.5, 0.6) is 0 Å². The van der Waals surface area contributed by atoms with Gasteiger partial charge in [-0.1, -0.05) is 26.7 Å². The van der Waals surface area contributed by atoms with Gasteiger partial charge in [0.05, 0.1) is 0 Å². The average Bonchev–Trinajstić information content (AvgIpc) is 2.18. The van der Waals surface area contributed by atoms with E-state index in [1.807, 2.05) is 0 Å². The van der Waals surface area contributed by atoms with E-state index in [9.17, 15) is 0 Å².